The first-order valence-electron chi connectivity index (χ1n) is 6.20. The number of ether oxygens (including phenoxy) is 1. The predicted octanol–water partition coefficient (Wildman–Crippen LogP) is 2.25. The number of halogens is 2. The van der Waals surface area contributed by atoms with Crippen molar-refractivity contribution in [3.63, 3.8) is 0 Å². The van der Waals surface area contributed by atoms with Crippen molar-refractivity contribution in [1.29, 1.82) is 0 Å². The second-order valence-electron chi connectivity index (χ2n) is 4.53. The summed E-state index contributed by atoms with van der Waals surface area (Å²) >= 11 is 5.85. The Balaban J connectivity index is 1.98. The van der Waals surface area contributed by atoms with Gasteiger partial charge in [-0.05, 0) is 36.6 Å². The smallest absolute Gasteiger partial charge is 0.125 e. The van der Waals surface area contributed by atoms with Crippen molar-refractivity contribution in [2.45, 2.75) is 25.0 Å². The summed E-state index contributed by atoms with van der Waals surface area (Å²) in [5.74, 6) is -0.338. The highest BCUT2D eigenvalue weighted by molar-refractivity contribution is 6.30. The van der Waals surface area contributed by atoms with E-state index in [0.29, 0.717) is 11.6 Å². The lowest BCUT2D eigenvalue weighted by Crippen LogP contribution is -2.34. The summed E-state index contributed by atoms with van der Waals surface area (Å²) in [4.78, 5) is 0. The number of hydrogen-bond acceptors (Lipinski definition) is 3. The fourth-order valence-electron chi connectivity index (χ4n) is 2.19. The van der Waals surface area contributed by atoms with Gasteiger partial charge in [-0.3, -0.25) is 0 Å². The van der Waals surface area contributed by atoms with Crippen LogP contribution < -0.4 is 11.1 Å². The van der Waals surface area contributed by atoms with Crippen LogP contribution in [0.4, 0.5) is 4.39 Å². The summed E-state index contributed by atoms with van der Waals surface area (Å²) < 4.78 is 18.8. The van der Waals surface area contributed by atoms with Gasteiger partial charge in [-0.1, -0.05) is 11.6 Å². The summed E-state index contributed by atoms with van der Waals surface area (Å²) in [7, 11) is 0. The normalized spacial score (nSPS) is 21.2. The molecule has 2 atom stereocenters. The molecule has 5 heteroatoms. The van der Waals surface area contributed by atoms with E-state index in [9.17, 15) is 4.39 Å². The molecule has 0 aliphatic carbocycles. The van der Waals surface area contributed by atoms with E-state index in [1.807, 2.05) is 0 Å². The summed E-state index contributed by atoms with van der Waals surface area (Å²) in [6.45, 7) is 1.95. The average Bonchev–Trinajstić information content (AvgIpc) is 2.81. The topological polar surface area (TPSA) is 47.3 Å². The average molecular weight is 273 g/mol. The molecule has 1 aromatic carbocycles. The van der Waals surface area contributed by atoms with E-state index in [1.165, 1.54) is 12.1 Å². The molecule has 0 spiro atoms. The van der Waals surface area contributed by atoms with Crippen molar-refractivity contribution in [2.24, 2.45) is 5.73 Å². The van der Waals surface area contributed by atoms with Gasteiger partial charge in [0.2, 0.25) is 0 Å². The number of hydrogen-bond donors (Lipinski definition) is 2. The molecule has 0 radical (unpaired) electrons. The van der Waals surface area contributed by atoms with Crippen molar-refractivity contribution in [3.8, 4) is 0 Å². The van der Waals surface area contributed by atoms with E-state index in [-0.39, 0.29) is 18.0 Å². The Labute approximate surface area is 111 Å². The van der Waals surface area contributed by atoms with Gasteiger partial charge in [0, 0.05) is 30.8 Å². The van der Waals surface area contributed by atoms with E-state index in [4.69, 9.17) is 22.1 Å². The quantitative estimate of drug-likeness (QED) is 0.864. The number of rotatable bonds is 5. The Morgan fingerprint density at radius 1 is 1.50 bits per heavy atom. The molecule has 3 N–H and O–H groups in total. The molecule has 1 heterocycles. The lowest BCUT2D eigenvalue weighted by atomic mass is 10.1. The molecule has 100 valence electrons. The van der Waals surface area contributed by atoms with Crippen LogP contribution in [-0.2, 0) is 4.74 Å². The Kier molecular flexibility index (Phi) is 4.95. The van der Waals surface area contributed by atoms with Gasteiger partial charge in [0.05, 0.1) is 6.10 Å². The molecule has 3 nitrogen and oxygen atoms in total. The molecular weight excluding hydrogens is 255 g/mol. The van der Waals surface area contributed by atoms with Crippen LogP contribution in [0.25, 0.3) is 0 Å². The van der Waals surface area contributed by atoms with Crippen LogP contribution in [0.15, 0.2) is 18.2 Å². The molecule has 1 aromatic rings. The monoisotopic (exact) mass is 272 g/mol. The third kappa shape index (κ3) is 3.65. The maximum atomic E-state index is 13.3. The number of benzene rings is 1. The summed E-state index contributed by atoms with van der Waals surface area (Å²) in [6, 6.07) is 4.40. The fraction of sp³-hybridized carbons (Fsp3) is 0.538. The molecule has 0 bridgehead atoms. The minimum Gasteiger partial charge on any atom is -0.377 e. The van der Waals surface area contributed by atoms with Gasteiger partial charge in [-0.2, -0.15) is 0 Å². The lowest BCUT2D eigenvalue weighted by Gasteiger charge is -2.20. The second-order valence-corrected chi connectivity index (χ2v) is 4.97. The van der Waals surface area contributed by atoms with Crippen LogP contribution in [0.1, 0.15) is 24.4 Å². The molecule has 0 amide bonds. The zero-order valence-corrected chi connectivity index (χ0v) is 10.9. The van der Waals surface area contributed by atoms with Crippen molar-refractivity contribution in [3.05, 3.63) is 34.6 Å². The van der Waals surface area contributed by atoms with E-state index in [1.54, 1.807) is 6.07 Å². The molecule has 1 aliphatic heterocycles. The number of nitrogens with two attached hydrogens (primary N) is 1. The summed E-state index contributed by atoms with van der Waals surface area (Å²) in [5, 5.41) is 3.70. The van der Waals surface area contributed by atoms with Crippen LogP contribution in [-0.4, -0.2) is 25.8 Å². The second kappa shape index (κ2) is 6.48. The van der Waals surface area contributed by atoms with Gasteiger partial charge >= 0.3 is 0 Å². The van der Waals surface area contributed by atoms with Crippen LogP contribution >= 0.6 is 11.6 Å². The predicted molar refractivity (Wildman–Crippen MR) is 70.2 cm³/mol. The van der Waals surface area contributed by atoms with Gasteiger partial charge in [-0.25, -0.2) is 4.39 Å². The highest BCUT2D eigenvalue weighted by Crippen LogP contribution is 2.20. The fourth-order valence-corrected chi connectivity index (χ4v) is 2.42. The minimum absolute atomic E-state index is 0.0950. The standard InChI is InChI=1S/C13H18ClFN2O/c14-10-4-9(5-11(15)6-10)13(7-16)17-8-12-2-1-3-18-12/h4-6,12-13,17H,1-3,7-8,16H2. The largest absolute Gasteiger partial charge is 0.377 e. The first-order chi connectivity index (χ1) is 8.69. The van der Waals surface area contributed by atoms with Gasteiger partial charge in [0.1, 0.15) is 5.82 Å². The molecule has 2 rings (SSSR count). The van der Waals surface area contributed by atoms with Gasteiger partial charge in [0.15, 0.2) is 0 Å². The van der Waals surface area contributed by atoms with Gasteiger partial charge in [0.25, 0.3) is 0 Å². The van der Waals surface area contributed by atoms with Crippen LogP contribution in [0, 0.1) is 5.82 Å². The van der Waals surface area contributed by atoms with Crippen molar-refractivity contribution >= 4 is 11.6 Å². The number of nitrogens with one attached hydrogen (secondary N) is 1. The Morgan fingerprint density at radius 3 is 2.94 bits per heavy atom. The first kappa shape index (κ1) is 13.7. The van der Waals surface area contributed by atoms with Crippen LogP contribution in [0.2, 0.25) is 5.02 Å². The molecule has 0 aromatic heterocycles. The Bertz CT molecular complexity index is 376. The van der Waals surface area contributed by atoms with E-state index in [0.717, 1.165) is 31.6 Å². The summed E-state index contributed by atoms with van der Waals surface area (Å²) in [5.41, 5.74) is 6.50. The molecule has 2 unspecified atom stereocenters. The van der Waals surface area contributed by atoms with Crippen molar-refractivity contribution in [2.75, 3.05) is 19.7 Å². The molecule has 1 aliphatic rings. The lowest BCUT2D eigenvalue weighted by molar-refractivity contribution is 0.107. The van der Waals surface area contributed by atoms with Crippen LogP contribution in [0.3, 0.4) is 0 Å². The molecule has 1 fully saturated rings. The first-order valence-corrected chi connectivity index (χ1v) is 6.58. The maximum absolute atomic E-state index is 13.3. The van der Waals surface area contributed by atoms with Crippen molar-refractivity contribution < 1.29 is 9.13 Å². The summed E-state index contributed by atoms with van der Waals surface area (Å²) in [6.07, 6.45) is 2.41. The minimum atomic E-state index is -0.338. The van der Waals surface area contributed by atoms with E-state index in [2.05, 4.69) is 5.32 Å². The molecule has 1 saturated heterocycles. The zero-order valence-electron chi connectivity index (χ0n) is 10.2. The maximum Gasteiger partial charge on any atom is 0.125 e. The third-order valence-electron chi connectivity index (χ3n) is 3.14. The zero-order chi connectivity index (χ0) is 13.0. The SMILES string of the molecule is NCC(NCC1CCCO1)c1cc(F)cc(Cl)c1. The van der Waals surface area contributed by atoms with Gasteiger partial charge < -0.3 is 15.8 Å². The highest BCUT2D eigenvalue weighted by Gasteiger charge is 2.18. The molecule has 0 saturated carbocycles. The Morgan fingerprint density at radius 2 is 2.33 bits per heavy atom. The van der Waals surface area contributed by atoms with E-state index >= 15 is 0 Å². The Hall–Kier alpha value is -0.680. The third-order valence-corrected chi connectivity index (χ3v) is 3.36. The van der Waals surface area contributed by atoms with Gasteiger partial charge in [-0.15, -0.1) is 0 Å². The van der Waals surface area contributed by atoms with Crippen LogP contribution in [0.5, 0.6) is 0 Å². The molecule has 18 heavy (non-hydrogen) atoms. The van der Waals surface area contributed by atoms with E-state index < -0.39 is 0 Å². The highest BCUT2D eigenvalue weighted by atomic mass is 35.5. The molecular formula is C13H18ClFN2O. The van der Waals surface area contributed by atoms with Crippen molar-refractivity contribution in [1.82, 2.24) is 5.32 Å².